The third-order valence-corrected chi connectivity index (χ3v) is 4.11. The minimum atomic E-state index is -0.176. The van der Waals surface area contributed by atoms with Gasteiger partial charge in [0, 0.05) is 39.2 Å². The van der Waals surface area contributed by atoms with Gasteiger partial charge in [-0.3, -0.25) is 9.48 Å². The lowest BCUT2D eigenvalue weighted by Crippen LogP contribution is -2.36. The number of likely N-dealkylation sites (N-methyl/N-ethyl adjacent to an activating group) is 1. The molecule has 1 aromatic rings. The SMILES string of the molecule is CC[C@@H](C(=O)N(C)CCC1CCOCC1)n1cccn1. The monoisotopic (exact) mass is 279 g/mol. The zero-order valence-electron chi connectivity index (χ0n) is 12.5. The van der Waals surface area contributed by atoms with Gasteiger partial charge in [0.1, 0.15) is 6.04 Å². The van der Waals surface area contributed by atoms with Crippen LogP contribution >= 0.6 is 0 Å². The number of aromatic nitrogens is 2. The topological polar surface area (TPSA) is 47.4 Å². The molecule has 2 rings (SSSR count). The number of ether oxygens (including phenoxy) is 1. The highest BCUT2D eigenvalue weighted by Crippen LogP contribution is 2.20. The van der Waals surface area contributed by atoms with E-state index in [1.54, 1.807) is 10.9 Å². The molecule has 5 heteroatoms. The maximum Gasteiger partial charge on any atom is 0.247 e. The molecule has 0 spiro atoms. The van der Waals surface area contributed by atoms with Gasteiger partial charge in [0.05, 0.1) is 0 Å². The van der Waals surface area contributed by atoms with Gasteiger partial charge in [-0.15, -0.1) is 0 Å². The molecular formula is C15H25N3O2. The number of nitrogens with zero attached hydrogens (tertiary/aromatic N) is 3. The Bertz CT molecular complexity index is 399. The van der Waals surface area contributed by atoms with Gasteiger partial charge in [-0.05, 0) is 37.7 Å². The summed E-state index contributed by atoms with van der Waals surface area (Å²) in [5, 5.41) is 4.19. The molecule has 1 aliphatic heterocycles. The van der Waals surface area contributed by atoms with Crippen LogP contribution in [0.4, 0.5) is 0 Å². The van der Waals surface area contributed by atoms with E-state index in [2.05, 4.69) is 5.10 Å². The Labute approximate surface area is 120 Å². The fourth-order valence-corrected chi connectivity index (χ4v) is 2.72. The van der Waals surface area contributed by atoms with Crippen molar-refractivity contribution in [3.63, 3.8) is 0 Å². The fraction of sp³-hybridized carbons (Fsp3) is 0.733. The van der Waals surface area contributed by atoms with Crippen LogP contribution in [0.1, 0.15) is 38.6 Å². The summed E-state index contributed by atoms with van der Waals surface area (Å²) in [6, 6.07) is 1.68. The van der Waals surface area contributed by atoms with E-state index in [4.69, 9.17) is 4.74 Å². The summed E-state index contributed by atoms with van der Waals surface area (Å²) in [4.78, 5) is 14.3. The summed E-state index contributed by atoms with van der Waals surface area (Å²) in [5.41, 5.74) is 0. The van der Waals surface area contributed by atoms with E-state index in [-0.39, 0.29) is 11.9 Å². The number of hydrogen-bond acceptors (Lipinski definition) is 3. The first-order valence-corrected chi connectivity index (χ1v) is 7.54. The van der Waals surface area contributed by atoms with Crippen LogP contribution in [0.25, 0.3) is 0 Å². The van der Waals surface area contributed by atoms with Gasteiger partial charge in [-0.1, -0.05) is 6.92 Å². The Morgan fingerprint density at radius 3 is 2.85 bits per heavy atom. The average molecular weight is 279 g/mol. The van der Waals surface area contributed by atoms with Gasteiger partial charge in [0.2, 0.25) is 5.91 Å². The van der Waals surface area contributed by atoms with E-state index in [9.17, 15) is 4.79 Å². The number of hydrogen-bond donors (Lipinski definition) is 0. The van der Waals surface area contributed by atoms with Gasteiger partial charge in [0.25, 0.3) is 0 Å². The molecule has 1 atom stereocenters. The molecule has 0 aromatic carbocycles. The molecule has 1 fully saturated rings. The lowest BCUT2D eigenvalue weighted by molar-refractivity contribution is -0.134. The Morgan fingerprint density at radius 1 is 1.50 bits per heavy atom. The number of amides is 1. The zero-order chi connectivity index (χ0) is 14.4. The predicted octanol–water partition coefficient (Wildman–Crippen LogP) is 2.11. The molecule has 1 aromatic heterocycles. The number of rotatable bonds is 6. The second-order valence-electron chi connectivity index (χ2n) is 5.51. The fourth-order valence-electron chi connectivity index (χ4n) is 2.72. The Morgan fingerprint density at radius 2 is 2.25 bits per heavy atom. The molecule has 0 radical (unpaired) electrons. The van der Waals surface area contributed by atoms with Crippen LogP contribution in [0.5, 0.6) is 0 Å². The minimum absolute atomic E-state index is 0.156. The van der Waals surface area contributed by atoms with E-state index in [0.29, 0.717) is 5.92 Å². The molecule has 0 bridgehead atoms. The van der Waals surface area contributed by atoms with Crippen molar-refractivity contribution in [3.05, 3.63) is 18.5 Å². The minimum Gasteiger partial charge on any atom is -0.381 e. The summed E-state index contributed by atoms with van der Waals surface area (Å²) in [5.74, 6) is 0.854. The summed E-state index contributed by atoms with van der Waals surface area (Å²) in [7, 11) is 1.90. The van der Waals surface area contributed by atoms with E-state index in [0.717, 1.165) is 45.4 Å². The van der Waals surface area contributed by atoms with Crippen LogP contribution in [0.15, 0.2) is 18.5 Å². The van der Waals surface area contributed by atoms with Crippen molar-refractivity contribution in [2.75, 3.05) is 26.8 Å². The molecule has 0 unspecified atom stereocenters. The summed E-state index contributed by atoms with van der Waals surface area (Å²) in [6.45, 7) is 4.58. The highest BCUT2D eigenvalue weighted by molar-refractivity contribution is 5.80. The molecule has 0 aliphatic carbocycles. The van der Waals surface area contributed by atoms with Crippen molar-refractivity contribution < 1.29 is 9.53 Å². The molecule has 5 nitrogen and oxygen atoms in total. The van der Waals surface area contributed by atoms with Crippen molar-refractivity contribution in [2.24, 2.45) is 5.92 Å². The van der Waals surface area contributed by atoms with Crippen LogP contribution in [0.2, 0.25) is 0 Å². The van der Waals surface area contributed by atoms with Crippen molar-refractivity contribution >= 4 is 5.91 Å². The molecule has 0 N–H and O–H groups in total. The standard InChI is InChI=1S/C15H25N3O2/c1-3-14(18-9-4-8-16-18)15(19)17(2)10-5-13-6-11-20-12-7-13/h4,8-9,13-14H,3,5-7,10-12H2,1-2H3/t14-/m0/s1. The second-order valence-corrected chi connectivity index (χ2v) is 5.51. The molecule has 2 heterocycles. The van der Waals surface area contributed by atoms with Crippen molar-refractivity contribution in [2.45, 2.75) is 38.6 Å². The highest BCUT2D eigenvalue weighted by atomic mass is 16.5. The lowest BCUT2D eigenvalue weighted by atomic mass is 9.96. The van der Waals surface area contributed by atoms with Crippen molar-refractivity contribution in [1.82, 2.24) is 14.7 Å². The van der Waals surface area contributed by atoms with E-state index >= 15 is 0 Å². The Balaban J connectivity index is 1.84. The van der Waals surface area contributed by atoms with Crippen LogP contribution in [0, 0.1) is 5.92 Å². The molecule has 1 amide bonds. The average Bonchev–Trinajstić information content (AvgIpc) is 3.00. The van der Waals surface area contributed by atoms with Crippen LogP contribution in [-0.4, -0.2) is 47.4 Å². The summed E-state index contributed by atoms with van der Waals surface area (Å²) >= 11 is 0. The largest absolute Gasteiger partial charge is 0.381 e. The van der Waals surface area contributed by atoms with Gasteiger partial charge in [0.15, 0.2) is 0 Å². The molecular weight excluding hydrogens is 254 g/mol. The van der Waals surface area contributed by atoms with Crippen molar-refractivity contribution in [1.29, 1.82) is 0 Å². The summed E-state index contributed by atoms with van der Waals surface area (Å²) < 4.78 is 7.12. The highest BCUT2D eigenvalue weighted by Gasteiger charge is 2.23. The van der Waals surface area contributed by atoms with Gasteiger partial charge < -0.3 is 9.64 Å². The first kappa shape index (κ1) is 15.0. The van der Waals surface area contributed by atoms with Crippen LogP contribution in [-0.2, 0) is 9.53 Å². The van der Waals surface area contributed by atoms with Gasteiger partial charge >= 0.3 is 0 Å². The maximum absolute atomic E-state index is 12.5. The normalized spacial score (nSPS) is 17.9. The number of carbonyl (C=O) groups excluding carboxylic acids is 1. The first-order chi connectivity index (χ1) is 9.72. The predicted molar refractivity (Wildman–Crippen MR) is 77.4 cm³/mol. The van der Waals surface area contributed by atoms with E-state index in [1.807, 2.05) is 31.1 Å². The Kier molecular flexibility index (Phi) is 5.59. The second kappa shape index (κ2) is 7.43. The van der Waals surface area contributed by atoms with Crippen LogP contribution < -0.4 is 0 Å². The van der Waals surface area contributed by atoms with Crippen molar-refractivity contribution in [3.8, 4) is 0 Å². The quantitative estimate of drug-likeness (QED) is 0.801. The third-order valence-electron chi connectivity index (χ3n) is 4.11. The van der Waals surface area contributed by atoms with E-state index in [1.165, 1.54) is 0 Å². The van der Waals surface area contributed by atoms with Gasteiger partial charge in [-0.25, -0.2) is 0 Å². The molecule has 112 valence electrons. The number of carbonyl (C=O) groups is 1. The first-order valence-electron chi connectivity index (χ1n) is 7.54. The molecule has 1 saturated heterocycles. The summed E-state index contributed by atoms with van der Waals surface area (Å²) in [6.07, 6.45) is 7.66. The maximum atomic E-state index is 12.5. The third kappa shape index (κ3) is 3.82. The lowest BCUT2D eigenvalue weighted by Gasteiger charge is -2.27. The van der Waals surface area contributed by atoms with Gasteiger partial charge in [-0.2, -0.15) is 5.10 Å². The zero-order valence-corrected chi connectivity index (χ0v) is 12.5. The molecule has 0 saturated carbocycles. The van der Waals surface area contributed by atoms with E-state index < -0.39 is 0 Å². The smallest absolute Gasteiger partial charge is 0.247 e. The Hall–Kier alpha value is -1.36. The van der Waals surface area contributed by atoms with Crippen LogP contribution in [0.3, 0.4) is 0 Å². The molecule has 1 aliphatic rings. The molecule has 20 heavy (non-hydrogen) atoms.